The van der Waals surface area contributed by atoms with Crippen molar-refractivity contribution in [3.8, 4) is 0 Å². The van der Waals surface area contributed by atoms with Crippen LogP contribution >= 0.6 is 0 Å². The monoisotopic (exact) mass is 316 g/mol. The van der Waals surface area contributed by atoms with Gasteiger partial charge in [-0.3, -0.25) is 9.59 Å². The van der Waals surface area contributed by atoms with Gasteiger partial charge in [0.1, 0.15) is 11.6 Å². The van der Waals surface area contributed by atoms with Gasteiger partial charge in [-0.25, -0.2) is 8.78 Å². The maximum absolute atomic E-state index is 13.6. The van der Waals surface area contributed by atoms with Crippen molar-refractivity contribution in [3.63, 3.8) is 0 Å². The molecule has 118 valence electrons. The average molecular weight is 316 g/mol. The van der Waals surface area contributed by atoms with E-state index in [9.17, 15) is 18.4 Å². The van der Waals surface area contributed by atoms with Gasteiger partial charge < -0.3 is 10.2 Å². The van der Waals surface area contributed by atoms with Crippen LogP contribution in [0, 0.1) is 11.6 Å². The number of rotatable bonds is 2. The van der Waals surface area contributed by atoms with Gasteiger partial charge in [0.25, 0.3) is 5.91 Å². The average Bonchev–Trinajstić information content (AvgIpc) is 2.90. The summed E-state index contributed by atoms with van der Waals surface area (Å²) in [6.45, 7) is 2.11. The summed E-state index contributed by atoms with van der Waals surface area (Å²) < 4.78 is 26.5. The molecule has 23 heavy (non-hydrogen) atoms. The Labute approximate surface area is 131 Å². The van der Waals surface area contributed by atoms with Gasteiger partial charge in [0, 0.05) is 30.9 Å². The molecular weight excluding hydrogens is 302 g/mol. The van der Waals surface area contributed by atoms with Crippen LogP contribution in [0.4, 0.5) is 20.2 Å². The Kier molecular flexibility index (Phi) is 3.82. The van der Waals surface area contributed by atoms with Gasteiger partial charge in [-0.05, 0) is 42.3 Å². The normalized spacial score (nSPS) is 12.9. The molecule has 6 heteroatoms. The third-order valence-corrected chi connectivity index (χ3v) is 3.79. The topological polar surface area (TPSA) is 49.4 Å². The number of hydrogen-bond donors (Lipinski definition) is 1. The smallest absolute Gasteiger partial charge is 0.258 e. The van der Waals surface area contributed by atoms with Crippen LogP contribution in [0.15, 0.2) is 36.4 Å². The number of nitrogens with one attached hydrogen (secondary N) is 1. The Balaban J connectivity index is 1.81. The van der Waals surface area contributed by atoms with E-state index in [4.69, 9.17) is 0 Å². The van der Waals surface area contributed by atoms with E-state index >= 15 is 0 Å². The molecule has 0 radical (unpaired) electrons. The minimum absolute atomic E-state index is 0.0334. The molecule has 0 aliphatic carbocycles. The molecule has 0 saturated heterocycles. The lowest BCUT2D eigenvalue weighted by atomic mass is 10.1. The fourth-order valence-electron chi connectivity index (χ4n) is 2.68. The summed E-state index contributed by atoms with van der Waals surface area (Å²) in [6.07, 6.45) is 0.698. The first-order chi connectivity index (χ1) is 11.0. The highest BCUT2D eigenvalue weighted by Crippen LogP contribution is 2.30. The van der Waals surface area contributed by atoms with E-state index in [-0.39, 0.29) is 11.5 Å². The molecule has 2 aromatic rings. The fourth-order valence-corrected chi connectivity index (χ4v) is 2.68. The van der Waals surface area contributed by atoms with Gasteiger partial charge in [-0.2, -0.15) is 0 Å². The van der Waals surface area contributed by atoms with Crippen molar-refractivity contribution in [1.82, 2.24) is 0 Å². The number of anilines is 2. The lowest BCUT2D eigenvalue weighted by Gasteiger charge is -2.15. The number of carbonyl (C=O) groups is 2. The van der Waals surface area contributed by atoms with Crippen LogP contribution < -0.4 is 10.2 Å². The third-order valence-electron chi connectivity index (χ3n) is 3.79. The summed E-state index contributed by atoms with van der Waals surface area (Å²) in [5, 5.41) is 2.59. The summed E-state index contributed by atoms with van der Waals surface area (Å²) >= 11 is 0. The molecule has 0 spiro atoms. The van der Waals surface area contributed by atoms with Gasteiger partial charge >= 0.3 is 0 Å². The lowest BCUT2D eigenvalue weighted by Crippen LogP contribution is -2.25. The number of carbonyl (C=O) groups excluding carboxylic acids is 2. The summed E-state index contributed by atoms with van der Waals surface area (Å²) in [6, 6.07) is 7.97. The van der Waals surface area contributed by atoms with Crippen LogP contribution in [0.3, 0.4) is 0 Å². The summed E-state index contributed by atoms with van der Waals surface area (Å²) in [4.78, 5) is 25.3. The molecule has 2 amide bonds. The quantitative estimate of drug-likeness (QED) is 0.925. The van der Waals surface area contributed by atoms with E-state index in [0.717, 1.165) is 23.4 Å². The zero-order valence-corrected chi connectivity index (χ0v) is 12.4. The minimum Gasteiger partial charge on any atom is -0.322 e. The van der Waals surface area contributed by atoms with Crippen molar-refractivity contribution in [2.24, 2.45) is 0 Å². The van der Waals surface area contributed by atoms with Crippen LogP contribution in [0.25, 0.3) is 0 Å². The number of amides is 2. The van der Waals surface area contributed by atoms with Crippen molar-refractivity contribution in [1.29, 1.82) is 0 Å². The molecule has 1 aliphatic heterocycles. The van der Waals surface area contributed by atoms with Crippen LogP contribution in [-0.4, -0.2) is 18.4 Å². The Bertz CT molecular complexity index is 805. The molecule has 0 unspecified atom stereocenters. The second-order valence-corrected chi connectivity index (χ2v) is 5.34. The highest BCUT2D eigenvalue weighted by Gasteiger charge is 2.22. The lowest BCUT2D eigenvalue weighted by molar-refractivity contribution is -0.116. The maximum Gasteiger partial charge on any atom is 0.258 e. The second kappa shape index (κ2) is 5.79. The molecule has 0 fully saturated rings. The molecule has 1 N–H and O–H groups in total. The highest BCUT2D eigenvalue weighted by atomic mass is 19.1. The molecule has 1 aliphatic rings. The van der Waals surface area contributed by atoms with Crippen molar-refractivity contribution >= 4 is 23.2 Å². The number of nitrogens with zero attached hydrogens (tertiary/aromatic N) is 1. The standard InChI is InChI=1S/C17H14F2N2O2/c1-10(22)21-7-6-11-8-13(3-5-16(11)21)20-17(23)14-4-2-12(18)9-15(14)19/h2-5,8-9H,6-7H2,1H3,(H,20,23). The Morgan fingerprint density at radius 2 is 1.91 bits per heavy atom. The fraction of sp³-hybridized carbons (Fsp3) is 0.176. The number of fused-ring (bicyclic) bond motifs is 1. The van der Waals surface area contributed by atoms with E-state index in [1.54, 1.807) is 23.1 Å². The molecule has 0 atom stereocenters. The molecule has 2 aromatic carbocycles. The molecule has 0 bridgehead atoms. The van der Waals surface area contributed by atoms with Crippen LogP contribution in [0.2, 0.25) is 0 Å². The Morgan fingerprint density at radius 1 is 1.13 bits per heavy atom. The number of hydrogen-bond acceptors (Lipinski definition) is 2. The molecule has 4 nitrogen and oxygen atoms in total. The predicted octanol–water partition coefficient (Wildman–Crippen LogP) is 3.13. The van der Waals surface area contributed by atoms with Crippen LogP contribution in [-0.2, 0) is 11.2 Å². The predicted molar refractivity (Wildman–Crippen MR) is 82.5 cm³/mol. The minimum atomic E-state index is -0.911. The molecule has 0 saturated carbocycles. The first-order valence-corrected chi connectivity index (χ1v) is 7.13. The van der Waals surface area contributed by atoms with Gasteiger partial charge in [0.2, 0.25) is 5.91 Å². The molecule has 3 rings (SSSR count). The zero-order valence-electron chi connectivity index (χ0n) is 12.4. The van der Waals surface area contributed by atoms with Gasteiger partial charge in [0.05, 0.1) is 5.56 Å². The largest absolute Gasteiger partial charge is 0.322 e. The third kappa shape index (κ3) is 2.92. The van der Waals surface area contributed by atoms with Gasteiger partial charge in [0.15, 0.2) is 0 Å². The van der Waals surface area contributed by atoms with E-state index in [1.807, 2.05) is 0 Å². The second-order valence-electron chi connectivity index (χ2n) is 5.34. The first-order valence-electron chi connectivity index (χ1n) is 7.13. The molecule has 0 aromatic heterocycles. The van der Waals surface area contributed by atoms with Crippen molar-refractivity contribution < 1.29 is 18.4 Å². The van der Waals surface area contributed by atoms with Gasteiger partial charge in [-0.15, -0.1) is 0 Å². The number of benzene rings is 2. The molecule has 1 heterocycles. The highest BCUT2D eigenvalue weighted by molar-refractivity contribution is 6.04. The van der Waals surface area contributed by atoms with E-state index in [1.165, 1.54) is 6.92 Å². The van der Waals surface area contributed by atoms with Crippen molar-refractivity contribution in [2.75, 3.05) is 16.8 Å². The molecular formula is C17H14F2N2O2. The van der Waals surface area contributed by atoms with Gasteiger partial charge in [-0.1, -0.05) is 0 Å². The first kappa shape index (κ1) is 15.1. The SMILES string of the molecule is CC(=O)N1CCc2cc(NC(=O)c3ccc(F)cc3F)ccc21. The van der Waals surface area contributed by atoms with E-state index < -0.39 is 17.5 Å². The summed E-state index contributed by atoms with van der Waals surface area (Å²) in [5.41, 5.74) is 2.04. The summed E-state index contributed by atoms with van der Waals surface area (Å²) in [5.74, 6) is -2.33. The van der Waals surface area contributed by atoms with E-state index in [0.29, 0.717) is 24.7 Å². The summed E-state index contributed by atoms with van der Waals surface area (Å²) in [7, 11) is 0. The van der Waals surface area contributed by atoms with Crippen LogP contribution in [0.5, 0.6) is 0 Å². The van der Waals surface area contributed by atoms with Crippen molar-refractivity contribution in [3.05, 3.63) is 59.2 Å². The van der Waals surface area contributed by atoms with E-state index in [2.05, 4.69) is 5.32 Å². The van der Waals surface area contributed by atoms with Crippen LogP contribution in [0.1, 0.15) is 22.8 Å². The zero-order chi connectivity index (χ0) is 16.6. The van der Waals surface area contributed by atoms with Crippen molar-refractivity contribution in [2.45, 2.75) is 13.3 Å². The number of halogens is 2. The Morgan fingerprint density at radius 3 is 2.61 bits per heavy atom. The maximum atomic E-state index is 13.6. The Hall–Kier alpha value is -2.76.